The van der Waals surface area contributed by atoms with E-state index in [4.69, 9.17) is 5.73 Å². The first-order valence-corrected chi connectivity index (χ1v) is 5.38. The largest absolute Gasteiger partial charge is 0.398 e. The number of benzene rings is 2. The SMILES string of the molecule is Cn1cnnc1-c1cc2ccccc2cc1N. The molecule has 0 spiro atoms. The maximum Gasteiger partial charge on any atom is 0.165 e. The molecule has 3 aromatic rings. The van der Waals surface area contributed by atoms with Gasteiger partial charge in [-0.2, -0.15) is 0 Å². The van der Waals surface area contributed by atoms with E-state index in [-0.39, 0.29) is 0 Å². The fourth-order valence-corrected chi connectivity index (χ4v) is 1.98. The van der Waals surface area contributed by atoms with Gasteiger partial charge in [0.1, 0.15) is 6.33 Å². The number of anilines is 1. The summed E-state index contributed by atoms with van der Waals surface area (Å²) < 4.78 is 1.86. The number of hydrogen-bond donors (Lipinski definition) is 1. The third-order valence-corrected chi connectivity index (χ3v) is 2.87. The van der Waals surface area contributed by atoms with Gasteiger partial charge in [-0.1, -0.05) is 24.3 Å². The Morgan fingerprint density at radius 3 is 2.47 bits per heavy atom. The van der Waals surface area contributed by atoms with Crippen LogP contribution in [0.2, 0.25) is 0 Å². The predicted octanol–water partition coefficient (Wildman–Crippen LogP) is 2.22. The molecule has 0 atom stereocenters. The van der Waals surface area contributed by atoms with Crippen molar-refractivity contribution in [3.8, 4) is 11.4 Å². The molecule has 0 saturated carbocycles. The zero-order valence-electron chi connectivity index (χ0n) is 9.46. The van der Waals surface area contributed by atoms with Crippen LogP contribution in [-0.4, -0.2) is 14.8 Å². The summed E-state index contributed by atoms with van der Waals surface area (Å²) in [5, 5.41) is 10.3. The van der Waals surface area contributed by atoms with Gasteiger partial charge in [-0.05, 0) is 22.9 Å². The van der Waals surface area contributed by atoms with Gasteiger partial charge < -0.3 is 10.3 Å². The molecule has 84 valence electrons. The Hall–Kier alpha value is -2.36. The van der Waals surface area contributed by atoms with E-state index in [0.717, 1.165) is 27.8 Å². The topological polar surface area (TPSA) is 56.7 Å². The van der Waals surface area contributed by atoms with E-state index in [2.05, 4.69) is 22.3 Å². The summed E-state index contributed by atoms with van der Waals surface area (Å²) in [4.78, 5) is 0. The summed E-state index contributed by atoms with van der Waals surface area (Å²) in [5.41, 5.74) is 7.71. The Labute approximate surface area is 98.7 Å². The Balaban J connectivity index is 2.30. The van der Waals surface area contributed by atoms with Crippen LogP contribution in [0.15, 0.2) is 42.7 Å². The number of fused-ring (bicyclic) bond motifs is 1. The van der Waals surface area contributed by atoms with Crippen molar-refractivity contribution < 1.29 is 0 Å². The average molecular weight is 224 g/mol. The van der Waals surface area contributed by atoms with Gasteiger partial charge in [-0.25, -0.2) is 0 Å². The standard InChI is InChI=1S/C13H12N4/c1-17-8-15-16-13(17)11-6-9-4-2-3-5-10(9)7-12(11)14/h2-8H,14H2,1H3. The molecule has 4 nitrogen and oxygen atoms in total. The fourth-order valence-electron chi connectivity index (χ4n) is 1.98. The summed E-state index contributed by atoms with van der Waals surface area (Å²) in [6, 6.07) is 12.2. The maximum atomic E-state index is 6.07. The van der Waals surface area contributed by atoms with E-state index < -0.39 is 0 Å². The molecule has 0 aliphatic carbocycles. The zero-order chi connectivity index (χ0) is 11.8. The summed E-state index contributed by atoms with van der Waals surface area (Å²) in [6.45, 7) is 0. The minimum atomic E-state index is 0.722. The lowest BCUT2D eigenvalue weighted by atomic mass is 10.0. The molecule has 1 aromatic heterocycles. The number of nitrogens with two attached hydrogens (primary N) is 1. The second kappa shape index (κ2) is 3.59. The molecule has 0 saturated heterocycles. The van der Waals surface area contributed by atoms with Gasteiger partial charge in [-0.3, -0.25) is 0 Å². The molecular weight excluding hydrogens is 212 g/mol. The number of rotatable bonds is 1. The normalized spacial score (nSPS) is 10.9. The van der Waals surface area contributed by atoms with Crippen molar-refractivity contribution in [1.82, 2.24) is 14.8 Å². The van der Waals surface area contributed by atoms with Crippen molar-refractivity contribution in [1.29, 1.82) is 0 Å². The van der Waals surface area contributed by atoms with Crippen LogP contribution in [0.5, 0.6) is 0 Å². The molecule has 0 fully saturated rings. The Kier molecular flexibility index (Phi) is 2.08. The van der Waals surface area contributed by atoms with E-state index in [0.29, 0.717) is 0 Å². The van der Waals surface area contributed by atoms with E-state index in [1.165, 1.54) is 0 Å². The van der Waals surface area contributed by atoms with Gasteiger partial charge in [0.15, 0.2) is 5.82 Å². The number of aryl methyl sites for hydroxylation is 1. The number of nitrogen functional groups attached to an aromatic ring is 1. The quantitative estimate of drug-likeness (QED) is 0.645. The van der Waals surface area contributed by atoms with Crippen molar-refractivity contribution in [2.75, 3.05) is 5.73 Å². The first-order chi connectivity index (χ1) is 8.25. The summed E-state index contributed by atoms with van der Waals surface area (Å²) >= 11 is 0. The lowest BCUT2D eigenvalue weighted by molar-refractivity contribution is 0.920. The molecular formula is C13H12N4. The van der Waals surface area contributed by atoms with Gasteiger partial charge in [0.2, 0.25) is 0 Å². The molecule has 0 unspecified atom stereocenters. The third-order valence-electron chi connectivity index (χ3n) is 2.87. The highest BCUT2D eigenvalue weighted by molar-refractivity contribution is 5.92. The first kappa shape index (κ1) is 9.84. The molecule has 0 bridgehead atoms. The van der Waals surface area contributed by atoms with Crippen molar-refractivity contribution >= 4 is 16.5 Å². The summed E-state index contributed by atoms with van der Waals surface area (Å²) in [6.07, 6.45) is 1.67. The molecule has 2 aromatic carbocycles. The molecule has 17 heavy (non-hydrogen) atoms. The van der Waals surface area contributed by atoms with Crippen molar-refractivity contribution in [3.63, 3.8) is 0 Å². The van der Waals surface area contributed by atoms with E-state index in [9.17, 15) is 0 Å². The van der Waals surface area contributed by atoms with Gasteiger partial charge in [0.05, 0.1) is 0 Å². The van der Waals surface area contributed by atoms with Gasteiger partial charge in [0, 0.05) is 18.3 Å². The smallest absolute Gasteiger partial charge is 0.165 e. The highest BCUT2D eigenvalue weighted by Crippen LogP contribution is 2.28. The minimum Gasteiger partial charge on any atom is -0.398 e. The molecule has 4 heteroatoms. The molecule has 1 heterocycles. The lowest BCUT2D eigenvalue weighted by Gasteiger charge is -2.07. The van der Waals surface area contributed by atoms with Crippen LogP contribution in [-0.2, 0) is 7.05 Å². The Morgan fingerprint density at radius 1 is 1.12 bits per heavy atom. The molecule has 0 aliphatic heterocycles. The maximum absolute atomic E-state index is 6.07. The van der Waals surface area contributed by atoms with Crippen LogP contribution >= 0.6 is 0 Å². The summed E-state index contributed by atoms with van der Waals surface area (Å²) in [5.74, 6) is 0.785. The highest BCUT2D eigenvalue weighted by atomic mass is 15.2. The van der Waals surface area contributed by atoms with Crippen LogP contribution in [0.4, 0.5) is 5.69 Å². The Bertz CT molecular complexity index is 685. The van der Waals surface area contributed by atoms with Crippen molar-refractivity contribution in [2.24, 2.45) is 7.05 Å². The second-order valence-corrected chi connectivity index (χ2v) is 4.05. The molecule has 2 N–H and O–H groups in total. The van der Waals surface area contributed by atoms with Crippen molar-refractivity contribution in [3.05, 3.63) is 42.7 Å². The van der Waals surface area contributed by atoms with Gasteiger partial charge >= 0.3 is 0 Å². The summed E-state index contributed by atoms with van der Waals surface area (Å²) in [7, 11) is 1.91. The number of nitrogens with zero attached hydrogens (tertiary/aromatic N) is 3. The van der Waals surface area contributed by atoms with Crippen LogP contribution in [0, 0.1) is 0 Å². The fraction of sp³-hybridized carbons (Fsp3) is 0.0769. The number of hydrogen-bond acceptors (Lipinski definition) is 3. The monoisotopic (exact) mass is 224 g/mol. The van der Waals surface area contributed by atoms with E-state index >= 15 is 0 Å². The molecule has 3 rings (SSSR count). The van der Waals surface area contributed by atoms with E-state index in [1.807, 2.05) is 35.9 Å². The van der Waals surface area contributed by atoms with Crippen LogP contribution in [0.1, 0.15) is 0 Å². The van der Waals surface area contributed by atoms with Gasteiger partial charge in [0.25, 0.3) is 0 Å². The number of aromatic nitrogens is 3. The lowest BCUT2D eigenvalue weighted by Crippen LogP contribution is -1.96. The van der Waals surface area contributed by atoms with Crippen LogP contribution in [0.3, 0.4) is 0 Å². The molecule has 0 radical (unpaired) electrons. The van der Waals surface area contributed by atoms with Gasteiger partial charge in [-0.15, -0.1) is 10.2 Å². The first-order valence-electron chi connectivity index (χ1n) is 5.38. The molecule has 0 aliphatic rings. The predicted molar refractivity (Wildman–Crippen MR) is 68.4 cm³/mol. The minimum absolute atomic E-state index is 0.722. The third kappa shape index (κ3) is 1.54. The average Bonchev–Trinajstić information content (AvgIpc) is 2.74. The van der Waals surface area contributed by atoms with Crippen molar-refractivity contribution in [2.45, 2.75) is 0 Å². The van der Waals surface area contributed by atoms with Crippen LogP contribution in [0.25, 0.3) is 22.2 Å². The zero-order valence-corrected chi connectivity index (χ0v) is 9.46. The van der Waals surface area contributed by atoms with E-state index in [1.54, 1.807) is 6.33 Å². The van der Waals surface area contributed by atoms with Crippen LogP contribution < -0.4 is 5.73 Å². The Morgan fingerprint density at radius 2 is 1.82 bits per heavy atom. The molecule has 0 amide bonds. The highest BCUT2D eigenvalue weighted by Gasteiger charge is 2.09. The second-order valence-electron chi connectivity index (χ2n) is 4.05.